The summed E-state index contributed by atoms with van der Waals surface area (Å²) in [5.41, 5.74) is -0.636. The van der Waals surface area contributed by atoms with Crippen LogP contribution in [0.2, 0.25) is 0 Å². The van der Waals surface area contributed by atoms with Crippen molar-refractivity contribution in [2.24, 2.45) is 0 Å². The third-order valence-corrected chi connectivity index (χ3v) is 3.05. The minimum atomic E-state index is -0.529. The number of hydrogen-bond donors (Lipinski definition) is 1. The highest BCUT2D eigenvalue weighted by molar-refractivity contribution is 4.97. The fourth-order valence-electron chi connectivity index (χ4n) is 1.80. The molecule has 0 amide bonds. The van der Waals surface area contributed by atoms with Gasteiger partial charge in [-0.3, -0.25) is 0 Å². The quantitative estimate of drug-likeness (QED) is 0.824. The highest BCUT2D eigenvalue weighted by Crippen LogP contribution is 2.22. The molecule has 0 aromatic carbocycles. The Balaban J connectivity index is 1.93. The molecule has 0 saturated carbocycles. The predicted molar refractivity (Wildman–Crippen MR) is 65.0 cm³/mol. The van der Waals surface area contributed by atoms with Crippen molar-refractivity contribution in [1.29, 1.82) is 0 Å². The molecule has 0 atom stereocenters. The van der Waals surface area contributed by atoms with Crippen molar-refractivity contribution in [3.63, 3.8) is 0 Å². The van der Waals surface area contributed by atoms with Crippen LogP contribution in [-0.2, 0) is 21.7 Å². The molecule has 1 aromatic rings. The normalized spacial score (nSPS) is 18.7. The van der Waals surface area contributed by atoms with Crippen molar-refractivity contribution in [1.82, 2.24) is 15.5 Å². The van der Waals surface area contributed by atoms with Crippen molar-refractivity contribution in [2.75, 3.05) is 19.7 Å². The van der Waals surface area contributed by atoms with Crippen molar-refractivity contribution >= 4 is 0 Å². The van der Waals surface area contributed by atoms with E-state index in [-0.39, 0.29) is 5.60 Å². The maximum atomic E-state index is 5.74. The fraction of sp³-hybridized carbons (Fsp3) is 0.833. The lowest BCUT2D eigenvalue weighted by Crippen LogP contribution is -2.58. The molecule has 1 aliphatic heterocycles. The number of rotatable bonds is 6. The first-order valence-corrected chi connectivity index (χ1v) is 6.27. The zero-order valence-electron chi connectivity index (χ0n) is 11.4. The molecule has 102 valence electrons. The van der Waals surface area contributed by atoms with Crippen molar-refractivity contribution in [3.8, 4) is 0 Å². The number of nitrogens with zero attached hydrogens (tertiary/aromatic N) is 2. The molecule has 6 heteroatoms. The average molecular weight is 255 g/mol. The highest BCUT2D eigenvalue weighted by atomic mass is 16.5. The molecule has 0 radical (unpaired) electrons. The fourth-order valence-corrected chi connectivity index (χ4v) is 1.80. The van der Waals surface area contributed by atoms with Gasteiger partial charge in [0.25, 0.3) is 5.89 Å². The molecule has 2 rings (SSSR count). The van der Waals surface area contributed by atoms with Gasteiger partial charge in [0.1, 0.15) is 12.2 Å². The average Bonchev–Trinajstić information content (AvgIpc) is 2.73. The van der Waals surface area contributed by atoms with Crippen LogP contribution in [0.1, 0.15) is 39.4 Å². The third-order valence-electron chi connectivity index (χ3n) is 3.05. The number of aromatic nitrogens is 2. The Bertz CT molecular complexity index is 399. The topological polar surface area (TPSA) is 69.4 Å². The summed E-state index contributed by atoms with van der Waals surface area (Å²) in [6.45, 7) is 10.5. The Kier molecular flexibility index (Phi) is 3.70. The Morgan fingerprint density at radius 3 is 2.72 bits per heavy atom. The van der Waals surface area contributed by atoms with Gasteiger partial charge in [-0.1, -0.05) is 5.16 Å². The number of hydrogen-bond acceptors (Lipinski definition) is 6. The van der Waals surface area contributed by atoms with Crippen LogP contribution >= 0.6 is 0 Å². The summed E-state index contributed by atoms with van der Waals surface area (Å²) in [4.78, 5) is 4.31. The lowest BCUT2D eigenvalue weighted by molar-refractivity contribution is -0.0841. The first-order valence-electron chi connectivity index (χ1n) is 6.27. The highest BCUT2D eigenvalue weighted by Gasteiger charge is 2.33. The predicted octanol–water partition coefficient (Wildman–Crippen LogP) is 1.22. The first-order chi connectivity index (χ1) is 8.45. The van der Waals surface area contributed by atoms with E-state index in [1.165, 1.54) is 0 Å². The molecule has 0 unspecified atom stereocenters. The van der Waals surface area contributed by atoms with Crippen LogP contribution in [0.3, 0.4) is 0 Å². The third kappa shape index (κ3) is 2.88. The van der Waals surface area contributed by atoms with Crippen LogP contribution in [0.15, 0.2) is 4.52 Å². The van der Waals surface area contributed by atoms with Gasteiger partial charge in [-0.05, 0) is 27.7 Å². The summed E-state index contributed by atoms with van der Waals surface area (Å²) in [7, 11) is 0. The van der Waals surface area contributed by atoms with Gasteiger partial charge in [0.2, 0.25) is 5.82 Å². The standard InChI is InChI=1S/C12H21N3O3/c1-5-16-11(2,3)10-14-9(18-15-10)6-17-12(4)7-13-8-12/h13H,5-8H2,1-4H3. The molecule has 1 N–H and O–H groups in total. The Hall–Kier alpha value is -0.980. The van der Waals surface area contributed by atoms with Crippen LogP contribution in [0.4, 0.5) is 0 Å². The summed E-state index contributed by atoms with van der Waals surface area (Å²) in [5, 5.41) is 7.12. The molecular formula is C12H21N3O3. The van der Waals surface area contributed by atoms with E-state index in [0.717, 1.165) is 13.1 Å². The van der Waals surface area contributed by atoms with E-state index < -0.39 is 5.60 Å². The summed E-state index contributed by atoms with van der Waals surface area (Å²) in [5.74, 6) is 1.05. The number of nitrogens with one attached hydrogen (secondary N) is 1. The van der Waals surface area contributed by atoms with Crippen molar-refractivity contribution in [2.45, 2.75) is 45.5 Å². The largest absolute Gasteiger partial charge is 0.368 e. The van der Waals surface area contributed by atoms with E-state index in [0.29, 0.717) is 24.9 Å². The second kappa shape index (κ2) is 4.95. The van der Waals surface area contributed by atoms with Gasteiger partial charge in [0, 0.05) is 19.7 Å². The van der Waals surface area contributed by atoms with Gasteiger partial charge in [-0.2, -0.15) is 4.98 Å². The van der Waals surface area contributed by atoms with Crippen LogP contribution in [-0.4, -0.2) is 35.4 Å². The van der Waals surface area contributed by atoms with E-state index in [9.17, 15) is 0 Å². The van der Waals surface area contributed by atoms with Crippen molar-refractivity contribution < 1.29 is 14.0 Å². The van der Waals surface area contributed by atoms with Crippen LogP contribution in [0, 0.1) is 0 Å². The van der Waals surface area contributed by atoms with E-state index >= 15 is 0 Å². The van der Waals surface area contributed by atoms with Crippen molar-refractivity contribution in [3.05, 3.63) is 11.7 Å². The SMILES string of the molecule is CCOC(C)(C)c1noc(COC2(C)CNC2)n1. The van der Waals surface area contributed by atoms with E-state index in [4.69, 9.17) is 14.0 Å². The molecule has 1 aromatic heterocycles. The monoisotopic (exact) mass is 255 g/mol. The second-order valence-corrected chi connectivity index (χ2v) is 5.30. The zero-order valence-corrected chi connectivity index (χ0v) is 11.4. The van der Waals surface area contributed by atoms with Gasteiger partial charge in [0.05, 0.1) is 5.60 Å². The Morgan fingerprint density at radius 1 is 1.44 bits per heavy atom. The zero-order chi connectivity index (χ0) is 13.2. The van der Waals surface area contributed by atoms with Crippen LogP contribution in [0.25, 0.3) is 0 Å². The van der Waals surface area contributed by atoms with Gasteiger partial charge < -0.3 is 19.3 Å². The lowest BCUT2D eigenvalue weighted by atomic mass is 10.0. The van der Waals surface area contributed by atoms with Gasteiger partial charge >= 0.3 is 0 Å². The number of ether oxygens (including phenoxy) is 2. The Labute approximate surface area is 107 Å². The molecule has 18 heavy (non-hydrogen) atoms. The molecule has 1 aliphatic rings. The van der Waals surface area contributed by atoms with Gasteiger partial charge in [0.15, 0.2) is 0 Å². The molecule has 0 bridgehead atoms. The molecule has 2 heterocycles. The minimum Gasteiger partial charge on any atom is -0.368 e. The summed E-state index contributed by atoms with van der Waals surface area (Å²) < 4.78 is 16.5. The molecule has 6 nitrogen and oxygen atoms in total. The van der Waals surface area contributed by atoms with Gasteiger partial charge in [-0.25, -0.2) is 0 Å². The maximum absolute atomic E-state index is 5.74. The molecule has 1 fully saturated rings. The second-order valence-electron chi connectivity index (χ2n) is 5.30. The smallest absolute Gasteiger partial charge is 0.252 e. The van der Waals surface area contributed by atoms with E-state index in [1.54, 1.807) is 0 Å². The molecule has 1 saturated heterocycles. The molecular weight excluding hydrogens is 234 g/mol. The first kappa shape index (κ1) is 13.5. The maximum Gasteiger partial charge on any atom is 0.252 e. The minimum absolute atomic E-state index is 0.107. The summed E-state index contributed by atoms with van der Waals surface area (Å²) in [6, 6.07) is 0. The lowest BCUT2D eigenvalue weighted by Gasteiger charge is -2.38. The van der Waals surface area contributed by atoms with E-state index in [2.05, 4.69) is 22.4 Å². The Morgan fingerprint density at radius 2 is 2.17 bits per heavy atom. The molecule has 0 aliphatic carbocycles. The summed E-state index contributed by atoms with van der Waals surface area (Å²) >= 11 is 0. The summed E-state index contributed by atoms with van der Waals surface area (Å²) in [6.07, 6.45) is 0. The van der Waals surface area contributed by atoms with E-state index in [1.807, 2.05) is 20.8 Å². The molecule has 0 spiro atoms. The van der Waals surface area contributed by atoms with Crippen LogP contribution in [0.5, 0.6) is 0 Å². The van der Waals surface area contributed by atoms with Gasteiger partial charge in [-0.15, -0.1) is 0 Å². The van der Waals surface area contributed by atoms with Crippen LogP contribution < -0.4 is 5.32 Å².